The van der Waals surface area contributed by atoms with Crippen LogP contribution in [0.5, 0.6) is 0 Å². The second kappa shape index (κ2) is 5.92. The third-order valence-corrected chi connectivity index (χ3v) is 3.08. The lowest BCUT2D eigenvalue weighted by atomic mass is 10.3. The van der Waals surface area contributed by atoms with E-state index in [0.717, 1.165) is 5.57 Å². The number of allylic oxidation sites excluding steroid dienone is 2. The maximum absolute atomic E-state index is 12.1. The summed E-state index contributed by atoms with van der Waals surface area (Å²) in [6, 6.07) is 6.82. The summed E-state index contributed by atoms with van der Waals surface area (Å²) >= 11 is 5.90. The first-order valence-corrected chi connectivity index (χ1v) is 6.58. The van der Waals surface area contributed by atoms with Crippen molar-refractivity contribution in [3.8, 4) is 5.69 Å². The molecule has 0 aliphatic rings. The molecule has 0 aliphatic heterocycles. The molecule has 0 spiro atoms. The zero-order valence-electron chi connectivity index (χ0n) is 11.3. The third kappa shape index (κ3) is 3.08. The van der Waals surface area contributed by atoms with Gasteiger partial charge in [-0.1, -0.05) is 29.3 Å². The van der Waals surface area contributed by atoms with E-state index in [0.29, 0.717) is 17.3 Å². The molecule has 104 valence electrons. The highest BCUT2D eigenvalue weighted by Crippen LogP contribution is 2.12. The fourth-order valence-corrected chi connectivity index (χ4v) is 1.95. The average molecular weight is 291 g/mol. The predicted molar refractivity (Wildman–Crippen MR) is 80.7 cm³/mol. The second-order valence-corrected chi connectivity index (χ2v) is 5.13. The van der Waals surface area contributed by atoms with Gasteiger partial charge in [0.15, 0.2) is 0 Å². The molecular weight excluding hydrogens is 276 g/mol. The molecule has 0 amide bonds. The van der Waals surface area contributed by atoms with Gasteiger partial charge in [-0.3, -0.25) is 14.2 Å². The van der Waals surface area contributed by atoms with E-state index in [-0.39, 0.29) is 0 Å². The van der Waals surface area contributed by atoms with Crippen molar-refractivity contribution in [2.24, 2.45) is 0 Å². The number of halogens is 1. The van der Waals surface area contributed by atoms with E-state index in [9.17, 15) is 9.59 Å². The van der Waals surface area contributed by atoms with Crippen molar-refractivity contribution in [3.63, 3.8) is 0 Å². The molecule has 0 aliphatic carbocycles. The van der Waals surface area contributed by atoms with Gasteiger partial charge < -0.3 is 4.57 Å². The Morgan fingerprint density at radius 2 is 1.95 bits per heavy atom. The van der Waals surface area contributed by atoms with Crippen LogP contribution in [0.4, 0.5) is 0 Å². The summed E-state index contributed by atoms with van der Waals surface area (Å²) in [7, 11) is 0. The minimum Gasteiger partial charge on any atom is -0.305 e. The minimum atomic E-state index is -0.586. The summed E-state index contributed by atoms with van der Waals surface area (Å²) in [5, 5.41) is 0.517. The third-order valence-electron chi connectivity index (χ3n) is 2.84. The van der Waals surface area contributed by atoms with Crippen molar-refractivity contribution < 1.29 is 0 Å². The van der Waals surface area contributed by atoms with Crippen LogP contribution in [0.25, 0.3) is 5.69 Å². The number of benzene rings is 1. The smallest absolute Gasteiger partial charge is 0.305 e. The molecule has 0 saturated heterocycles. The summed E-state index contributed by atoms with van der Waals surface area (Å²) in [5.41, 5.74) is 0.534. The Morgan fingerprint density at radius 1 is 1.20 bits per heavy atom. The fourth-order valence-electron chi connectivity index (χ4n) is 1.76. The van der Waals surface area contributed by atoms with Crippen LogP contribution in [-0.2, 0) is 6.54 Å². The number of nitrogens with zero attached hydrogens (tertiary/aromatic N) is 2. The molecule has 0 bridgehead atoms. The lowest BCUT2D eigenvalue weighted by Gasteiger charge is -2.08. The molecule has 1 heterocycles. The average Bonchev–Trinajstić information content (AvgIpc) is 2.40. The molecule has 5 heteroatoms. The number of hydrogen-bond acceptors (Lipinski definition) is 2. The van der Waals surface area contributed by atoms with Gasteiger partial charge in [0.1, 0.15) is 0 Å². The van der Waals surface area contributed by atoms with Crippen LogP contribution in [0.3, 0.4) is 0 Å². The van der Waals surface area contributed by atoms with Crippen molar-refractivity contribution in [2.75, 3.05) is 0 Å². The first-order chi connectivity index (χ1) is 9.49. The molecule has 4 nitrogen and oxygen atoms in total. The zero-order chi connectivity index (χ0) is 14.7. The maximum Gasteiger partial charge on any atom is 0.320 e. The van der Waals surface area contributed by atoms with Crippen LogP contribution in [0.2, 0.25) is 5.02 Å². The molecular formula is C15H15ClN2O2. The summed E-state index contributed by atoms with van der Waals surface area (Å²) in [5.74, 6) is 0. The molecule has 0 atom stereocenters. The highest BCUT2D eigenvalue weighted by molar-refractivity contribution is 6.30. The van der Waals surface area contributed by atoms with Crippen molar-refractivity contribution in [1.29, 1.82) is 0 Å². The van der Waals surface area contributed by atoms with E-state index < -0.39 is 11.1 Å². The molecule has 0 fully saturated rings. The van der Waals surface area contributed by atoms with Gasteiger partial charge in [-0.25, -0.2) is 0 Å². The Kier molecular flexibility index (Phi) is 4.25. The van der Waals surface area contributed by atoms with Gasteiger partial charge in [0.05, 0.1) is 5.69 Å². The van der Waals surface area contributed by atoms with Crippen molar-refractivity contribution >= 4 is 11.6 Å². The van der Waals surface area contributed by atoms with Gasteiger partial charge >= 0.3 is 11.1 Å². The predicted octanol–water partition coefficient (Wildman–Crippen LogP) is 2.62. The van der Waals surface area contributed by atoms with E-state index in [1.165, 1.54) is 9.13 Å². The van der Waals surface area contributed by atoms with Gasteiger partial charge in [0, 0.05) is 24.0 Å². The maximum atomic E-state index is 12.1. The highest BCUT2D eigenvalue weighted by atomic mass is 35.5. The van der Waals surface area contributed by atoms with Gasteiger partial charge in [-0.05, 0) is 32.0 Å². The van der Waals surface area contributed by atoms with Crippen LogP contribution in [0, 0.1) is 0 Å². The fraction of sp³-hybridized carbons (Fsp3) is 0.200. The highest BCUT2D eigenvalue weighted by Gasteiger charge is 2.06. The molecule has 1 aromatic heterocycles. The van der Waals surface area contributed by atoms with Crippen LogP contribution < -0.4 is 11.1 Å². The Labute approximate surface area is 121 Å². The summed E-state index contributed by atoms with van der Waals surface area (Å²) in [6.45, 7) is 4.28. The minimum absolute atomic E-state index is 0.396. The summed E-state index contributed by atoms with van der Waals surface area (Å²) in [4.78, 5) is 24.1. The molecule has 0 radical (unpaired) electrons. The number of aromatic nitrogens is 2. The van der Waals surface area contributed by atoms with Gasteiger partial charge in [-0.15, -0.1) is 0 Å². The molecule has 1 aromatic carbocycles. The van der Waals surface area contributed by atoms with Crippen LogP contribution >= 0.6 is 11.6 Å². The quantitative estimate of drug-likeness (QED) is 0.644. The lowest BCUT2D eigenvalue weighted by Crippen LogP contribution is -2.39. The zero-order valence-corrected chi connectivity index (χ0v) is 12.1. The molecule has 0 unspecified atom stereocenters. The molecule has 2 aromatic rings. The molecule has 0 N–H and O–H groups in total. The van der Waals surface area contributed by atoms with E-state index in [4.69, 9.17) is 11.6 Å². The SMILES string of the molecule is CC(C)=CCn1ccn(-c2cccc(Cl)c2)c(=O)c1=O. The summed E-state index contributed by atoms with van der Waals surface area (Å²) < 4.78 is 2.68. The van der Waals surface area contributed by atoms with E-state index in [1.54, 1.807) is 36.7 Å². The second-order valence-electron chi connectivity index (χ2n) is 4.69. The Hall–Kier alpha value is -2.07. The lowest BCUT2D eigenvalue weighted by molar-refractivity contribution is 0.729. The summed E-state index contributed by atoms with van der Waals surface area (Å²) in [6.07, 6.45) is 5.07. The first kappa shape index (κ1) is 14.3. The first-order valence-electron chi connectivity index (χ1n) is 6.20. The van der Waals surface area contributed by atoms with Gasteiger partial charge in [0.2, 0.25) is 0 Å². The van der Waals surface area contributed by atoms with Gasteiger partial charge in [0.25, 0.3) is 0 Å². The topological polar surface area (TPSA) is 44.0 Å². The Morgan fingerprint density at radius 3 is 2.60 bits per heavy atom. The molecule has 2 rings (SSSR count). The van der Waals surface area contributed by atoms with Crippen molar-refractivity contribution in [3.05, 3.63) is 74.0 Å². The Balaban J connectivity index is 2.49. The van der Waals surface area contributed by atoms with Gasteiger partial charge in [-0.2, -0.15) is 0 Å². The number of hydrogen-bond donors (Lipinski definition) is 0. The molecule has 0 saturated carbocycles. The normalized spacial score (nSPS) is 10.3. The van der Waals surface area contributed by atoms with Crippen LogP contribution in [0.1, 0.15) is 13.8 Å². The number of rotatable bonds is 3. The Bertz CT molecular complexity index is 768. The van der Waals surface area contributed by atoms with Crippen LogP contribution in [-0.4, -0.2) is 9.13 Å². The van der Waals surface area contributed by atoms with E-state index in [1.807, 2.05) is 19.9 Å². The van der Waals surface area contributed by atoms with E-state index >= 15 is 0 Å². The van der Waals surface area contributed by atoms with Crippen molar-refractivity contribution in [1.82, 2.24) is 9.13 Å². The molecule has 20 heavy (non-hydrogen) atoms. The largest absolute Gasteiger partial charge is 0.320 e. The van der Waals surface area contributed by atoms with Crippen molar-refractivity contribution in [2.45, 2.75) is 20.4 Å². The monoisotopic (exact) mass is 290 g/mol. The standard InChI is InChI=1S/C15H15ClN2O2/c1-11(2)6-7-17-8-9-18(15(20)14(17)19)13-5-3-4-12(16)10-13/h3-6,8-10H,7H2,1-2H3. The van der Waals surface area contributed by atoms with E-state index in [2.05, 4.69) is 0 Å². The van der Waals surface area contributed by atoms with Crippen LogP contribution in [0.15, 0.2) is 57.9 Å².